The zero-order valence-corrected chi connectivity index (χ0v) is 11.4. The first kappa shape index (κ1) is 14.6. The van der Waals surface area contributed by atoms with Crippen molar-refractivity contribution in [3.8, 4) is 5.75 Å². The third-order valence-electron chi connectivity index (χ3n) is 2.81. The molecule has 0 fully saturated rings. The molecule has 7 nitrogen and oxygen atoms in total. The summed E-state index contributed by atoms with van der Waals surface area (Å²) in [5.41, 5.74) is 0.912. The number of aliphatic carboxylic acids is 1. The fraction of sp³-hybridized carbons (Fsp3) is 0.214. The maximum Gasteiger partial charge on any atom is 0.305 e. The maximum absolute atomic E-state index is 12.1. The van der Waals surface area contributed by atoms with Gasteiger partial charge in [-0.25, -0.2) is 0 Å². The van der Waals surface area contributed by atoms with E-state index in [9.17, 15) is 9.59 Å². The zero-order valence-electron chi connectivity index (χ0n) is 11.4. The van der Waals surface area contributed by atoms with Crippen molar-refractivity contribution in [3.05, 3.63) is 42.2 Å². The molecule has 21 heavy (non-hydrogen) atoms. The van der Waals surface area contributed by atoms with Gasteiger partial charge in [-0.15, -0.1) is 0 Å². The number of aromatic nitrogens is 2. The number of hydrogen-bond acceptors (Lipinski definition) is 4. The molecule has 0 radical (unpaired) electrons. The quantitative estimate of drug-likeness (QED) is 0.842. The largest absolute Gasteiger partial charge is 0.495 e. The Kier molecular flexibility index (Phi) is 4.55. The first-order chi connectivity index (χ1) is 10.1. The predicted octanol–water partition coefficient (Wildman–Crippen LogP) is 1.62. The van der Waals surface area contributed by atoms with Gasteiger partial charge in [-0.2, -0.15) is 5.10 Å². The Bertz CT molecular complexity index is 651. The second-order valence-corrected chi connectivity index (χ2v) is 4.29. The fourth-order valence-corrected chi connectivity index (χ4v) is 1.76. The van der Waals surface area contributed by atoms with Gasteiger partial charge in [-0.1, -0.05) is 12.1 Å². The molecule has 0 unspecified atom stereocenters. The minimum Gasteiger partial charge on any atom is -0.495 e. The van der Waals surface area contributed by atoms with E-state index in [1.54, 1.807) is 24.3 Å². The second kappa shape index (κ2) is 6.56. The Morgan fingerprint density at radius 3 is 2.86 bits per heavy atom. The number of hydrogen-bond donors (Lipinski definition) is 2. The molecule has 2 aromatic rings. The summed E-state index contributed by atoms with van der Waals surface area (Å²) in [5.74, 6) is -0.685. The van der Waals surface area contributed by atoms with Crippen molar-refractivity contribution in [1.29, 1.82) is 0 Å². The lowest BCUT2D eigenvalue weighted by atomic mass is 10.2. The normalized spacial score (nSPS) is 10.1. The number of ether oxygens (including phenoxy) is 1. The fourth-order valence-electron chi connectivity index (χ4n) is 1.76. The Hall–Kier alpha value is -2.83. The zero-order chi connectivity index (χ0) is 15.2. The van der Waals surface area contributed by atoms with E-state index < -0.39 is 5.97 Å². The molecule has 0 aliphatic rings. The first-order valence-corrected chi connectivity index (χ1v) is 6.29. The number of carboxylic acids is 1. The molecular formula is C14H15N3O4. The topological polar surface area (TPSA) is 93.5 Å². The van der Waals surface area contributed by atoms with E-state index in [2.05, 4.69) is 10.4 Å². The van der Waals surface area contributed by atoms with E-state index >= 15 is 0 Å². The van der Waals surface area contributed by atoms with E-state index in [0.29, 0.717) is 17.0 Å². The van der Waals surface area contributed by atoms with Crippen LogP contribution in [0.1, 0.15) is 16.8 Å². The van der Waals surface area contributed by atoms with Gasteiger partial charge in [0, 0.05) is 6.20 Å². The summed E-state index contributed by atoms with van der Waals surface area (Å²) in [6.07, 6.45) is 2.86. The number of para-hydroxylation sites is 2. The van der Waals surface area contributed by atoms with Crippen molar-refractivity contribution in [2.45, 2.75) is 13.0 Å². The van der Waals surface area contributed by atoms with Gasteiger partial charge < -0.3 is 15.2 Å². The van der Waals surface area contributed by atoms with Gasteiger partial charge in [0.15, 0.2) is 0 Å². The molecule has 110 valence electrons. The highest BCUT2D eigenvalue weighted by Gasteiger charge is 2.11. The van der Waals surface area contributed by atoms with Crippen molar-refractivity contribution in [1.82, 2.24) is 9.78 Å². The number of aryl methyl sites for hydroxylation is 1. The third-order valence-corrected chi connectivity index (χ3v) is 2.81. The Morgan fingerprint density at radius 1 is 1.38 bits per heavy atom. The van der Waals surface area contributed by atoms with Crippen molar-refractivity contribution in [3.63, 3.8) is 0 Å². The maximum atomic E-state index is 12.1. The SMILES string of the molecule is COc1ccccc1NC(=O)c1cnn(CCC(=O)O)c1. The summed E-state index contributed by atoms with van der Waals surface area (Å²) in [6.45, 7) is 0.220. The molecule has 0 saturated carbocycles. The number of nitrogens with zero attached hydrogens (tertiary/aromatic N) is 2. The predicted molar refractivity (Wildman–Crippen MR) is 75.4 cm³/mol. The summed E-state index contributed by atoms with van der Waals surface area (Å²) in [6, 6.07) is 7.06. The molecule has 1 heterocycles. The van der Waals surface area contributed by atoms with E-state index in [-0.39, 0.29) is 18.9 Å². The molecule has 0 saturated heterocycles. The number of carboxylic acid groups (broad SMARTS) is 1. The highest BCUT2D eigenvalue weighted by atomic mass is 16.5. The van der Waals surface area contributed by atoms with Crippen molar-refractivity contribution in [2.24, 2.45) is 0 Å². The van der Waals surface area contributed by atoms with E-state index in [1.807, 2.05) is 0 Å². The Labute approximate surface area is 121 Å². The minimum absolute atomic E-state index is 0.0464. The number of carbonyl (C=O) groups excluding carboxylic acids is 1. The van der Waals surface area contributed by atoms with E-state index in [1.165, 1.54) is 24.2 Å². The standard InChI is InChI=1S/C14H15N3O4/c1-21-12-5-3-2-4-11(12)16-14(20)10-8-15-17(9-10)7-6-13(18)19/h2-5,8-9H,6-7H2,1H3,(H,16,20)(H,18,19). The lowest BCUT2D eigenvalue weighted by Gasteiger charge is -2.08. The second-order valence-electron chi connectivity index (χ2n) is 4.29. The van der Waals surface area contributed by atoms with E-state index in [0.717, 1.165) is 0 Å². The number of rotatable bonds is 6. The third kappa shape index (κ3) is 3.82. The summed E-state index contributed by atoms with van der Waals surface area (Å²) in [5, 5.41) is 15.3. The highest BCUT2D eigenvalue weighted by Crippen LogP contribution is 2.23. The highest BCUT2D eigenvalue weighted by molar-refractivity contribution is 6.04. The summed E-state index contributed by atoms with van der Waals surface area (Å²) >= 11 is 0. The summed E-state index contributed by atoms with van der Waals surface area (Å²) in [7, 11) is 1.52. The molecule has 2 rings (SSSR count). The van der Waals surface area contributed by atoms with Crippen LogP contribution in [0.4, 0.5) is 5.69 Å². The number of methoxy groups -OCH3 is 1. The van der Waals surface area contributed by atoms with Crippen LogP contribution < -0.4 is 10.1 Å². The van der Waals surface area contributed by atoms with E-state index in [4.69, 9.17) is 9.84 Å². The molecule has 1 amide bonds. The van der Waals surface area contributed by atoms with Gasteiger partial charge in [-0.3, -0.25) is 14.3 Å². The average molecular weight is 289 g/mol. The molecule has 1 aromatic carbocycles. The van der Waals surface area contributed by atoms with Crippen LogP contribution in [0.3, 0.4) is 0 Å². The minimum atomic E-state index is -0.912. The Balaban J connectivity index is 2.05. The molecule has 0 bridgehead atoms. The van der Waals surface area contributed by atoms with Gasteiger partial charge in [0.1, 0.15) is 5.75 Å². The number of carbonyl (C=O) groups is 2. The van der Waals surface area contributed by atoms with Gasteiger partial charge in [0.2, 0.25) is 0 Å². The number of anilines is 1. The average Bonchev–Trinajstić information content (AvgIpc) is 2.94. The van der Waals surface area contributed by atoms with Crippen LogP contribution in [0.5, 0.6) is 5.75 Å². The van der Waals surface area contributed by atoms with Crippen LogP contribution in [0.2, 0.25) is 0 Å². The van der Waals surface area contributed by atoms with Crippen LogP contribution in [0.15, 0.2) is 36.7 Å². The van der Waals surface area contributed by atoms with Crippen LogP contribution >= 0.6 is 0 Å². The monoisotopic (exact) mass is 289 g/mol. The van der Waals surface area contributed by atoms with Gasteiger partial charge >= 0.3 is 5.97 Å². The van der Waals surface area contributed by atoms with Crippen molar-refractivity contribution in [2.75, 3.05) is 12.4 Å². The molecular weight excluding hydrogens is 274 g/mol. The molecule has 0 spiro atoms. The lowest BCUT2D eigenvalue weighted by molar-refractivity contribution is -0.137. The van der Waals surface area contributed by atoms with Gasteiger partial charge in [-0.05, 0) is 12.1 Å². The van der Waals surface area contributed by atoms with Crippen molar-refractivity contribution >= 4 is 17.6 Å². The summed E-state index contributed by atoms with van der Waals surface area (Å²) < 4.78 is 6.57. The summed E-state index contributed by atoms with van der Waals surface area (Å²) in [4.78, 5) is 22.6. The molecule has 1 aromatic heterocycles. The van der Waals surface area contributed by atoms with Crippen molar-refractivity contribution < 1.29 is 19.4 Å². The van der Waals surface area contributed by atoms with Crippen LogP contribution in [-0.2, 0) is 11.3 Å². The Morgan fingerprint density at radius 2 is 2.14 bits per heavy atom. The molecule has 0 aliphatic carbocycles. The molecule has 7 heteroatoms. The molecule has 2 N–H and O–H groups in total. The number of amides is 1. The van der Waals surface area contributed by atoms with Crippen LogP contribution in [0.25, 0.3) is 0 Å². The molecule has 0 aliphatic heterocycles. The van der Waals surface area contributed by atoms with Crippen LogP contribution in [-0.4, -0.2) is 33.9 Å². The first-order valence-electron chi connectivity index (χ1n) is 6.29. The smallest absolute Gasteiger partial charge is 0.305 e. The van der Waals surface area contributed by atoms with Crippen LogP contribution in [0, 0.1) is 0 Å². The molecule has 0 atom stereocenters. The van der Waals surface area contributed by atoms with Gasteiger partial charge in [0.25, 0.3) is 5.91 Å². The number of benzene rings is 1. The van der Waals surface area contributed by atoms with Gasteiger partial charge in [0.05, 0.1) is 37.5 Å². The number of nitrogens with one attached hydrogen (secondary N) is 1. The lowest BCUT2D eigenvalue weighted by Crippen LogP contribution is -2.12.